The lowest BCUT2D eigenvalue weighted by molar-refractivity contribution is 0.0914. The molecule has 2 aromatic carbocycles. The molecule has 0 bridgehead atoms. The van der Waals surface area contributed by atoms with E-state index in [0.29, 0.717) is 31.1 Å². The molecule has 5 heteroatoms. The van der Waals surface area contributed by atoms with Gasteiger partial charge in [0.15, 0.2) is 11.5 Å². The Morgan fingerprint density at radius 2 is 1.71 bits per heavy atom. The highest BCUT2D eigenvalue weighted by molar-refractivity contribution is 5.60. The van der Waals surface area contributed by atoms with Crippen molar-refractivity contribution in [1.82, 2.24) is 4.90 Å². The molecule has 0 amide bonds. The standard InChI is InChI=1S/C23H31N2O3/c1-18-7-6-8-19(2)23(18)25-14-12-24(13-15-25)17-20(26)11-16-28-22-10-5-4-9-21(22)27-3/h4-10,14,20,26H,11-13,15-17H2,1-3H3. The van der Waals surface area contributed by atoms with E-state index in [4.69, 9.17) is 9.47 Å². The molecule has 151 valence electrons. The summed E-state index contributed by atoms with van der Waals surface area (Å²) in [7, 11) is 1.63. The van der Waals surface area contributed by atoms with Crippen molar-refractivity contribution >= 4 is 5.69 Å². The highest BCUT2D eigenvalue weighted by Gasteiger charge is 2.21. The summed E-state index contributed by atoms with van der Waals surface area (Å²) in [5, 5.41) is 10.4. The fourth-order valence-electron chi connectivity index (χ4n) is 3.71. The SMILES string of the molecule is COc1ccccc1OCCC(O)CN1C[CH]N(c2c(C)cccc2C)CC1. The molecule has 0 aliphatic carbocycles. The van der Waals surface area contributed by atoms with Crippen LogP contribution >= 0.6 is 0 Å². The Morgan fingerprint density at radius 1 is 1.00 bits per heavy atom. The summed E-state index contributed by atoms with van der Waals surface area (Å²) < 4.78 is 11.1. The van der Waals surface area contributed by atoms with E-state index in [-0.39, 0.29) is 0 Å². The van der Waals surface area contributed by atoms with Crippen molar-refractivity contribution in [3.05, 3.63) is 60.1 Å². The zero-order chi connectivity index (χ0) is 19.9. The van der Waals surface area contributed by atoms with Crippen LogP contribution in [-0.2, 0) is 0 Å². The Balaban J connectivity index is 1.42. The zero-order valence-corrected chi connectivity index (χ0v) is 17.1. The summed E-state index contributed by atoms with van der Waals surface area (Å²) >= 11 is 0. The Hall–Kier alpha value is -2.24. The maximum atomic E-state index is 10.4. The van der Waals surface area contributed by atoms with Gasteiger partial charge in [0.2, 0.25) is 0 Å². The molecule has 0 saturated carbocycles. The Bertz CT molecular complexity index is 737. The maximum Gasteiger partial charge on any atom is 0.161 e. The number of methoxy groups -OCH3 is 1. The molecule has 5 nitrogen and oxygen atoms in total. The van der Waals surface area contributed by atoms with Gasteiger partial charge in [-0.3, -0.25) is 4.90 Å². The summed E-state index contributed by atoms with van der Waals surface area (Å²) in [5.41, 5.74) is 3.92. The van der Waals surface area contributed by atoms with Crippen LogP contribution in [-0.4, -0.2) is 56.0 Å². The fourth-order valence-corrected chi connectivity index (χ4v) is 3.71. The molecule has 1 N–H and O–H groups in total. The number of para-hydroxylation sites is 3. The number of β-amino-alcohol motifs (C(OH)–C–C–N with tert-alkyl or cyclic N) is 1. The van der Waals surface area contributed by atoms with E-state index in [1.165, 1.54) is 16.8 Å². The van der Waals surface area contributed by atoms with Crippen LogP contribution in [0.3, 0.4) is 0 Å². The largest absolute Gasteiger partial charge is 0.493 e. The first-order chi connectivity index (χ1) is 13.6. The molecule has 1 unspecified atom stereocenters. The first-order valence-electron chi connectivity index (χ1n) is 9.91. The minimum atomic E-state index is -0.408. The minimum Gasteiger partial charge on any atom is -0.493 e. The van der Waals surface area contributed by atoms with Gasteiger partial charge in [-0.05, 0) is 37.1 Å². The number of nitrogens with zero attached hydrogens (tertiary/aromatic N) is 2. The lowest BCUT2D eigenvalue weighted by Crippen LogP contribution is -2.46. The minimum absolute atomic E-state index is 0.408. The highest BCUT2D eigenvalue weighted by Crippen LogP contribution is 2.27. The third kappa shape index (κ3) is 5.18. The number of ether oxygens (including phenoxy) is 2. The van der Waals surface area contributed by atoms with Crippen molar-refractivity contribution in [3.8, 4) is 11.5 Å². The molecule has 1 atom stereocenters. The van der Waals surface area contributed by atoms with Crippen molar-refractivity contribution < 1.29 is 14.6 Å². The average Bonchev–Trinajstić information content (AvgIpc) is 2.69. The molecular weight excluding hydrogens is 352 g/mol. The normalized spacial score (nSPS) is 16.1. The van der Waals surface area contributed by atoms with Gasteiger partial charge in [0.1, 0.15) is 0 Å². The topological polar surface area (TPSA) is 45.2 Å². The number of aryl methyl sites for hydroxylation is 2. The van der Waals surface area contributed by atoms with E-state index in [2.05, 4.69) is 48.4 Å². The molecule has 2 aromatic rings. The van der Waals surface area contributed by atoms with Crippen LogP contribution < -0.4 is 14.4 Å². The van der Waals surface area contributed by atoms with Gasteiger partial charge in [0.25, 0.3) is 0 Å². The first-order valence-corrected chi connectivity index (χ1v) is 9.91. The number of anilines is 1. The summed E-state index contributed by atoms with van der Waals surface area (Å²) in [5.74, 6) is 1.43. The Morgan fingerprint density at radius 3 is 2.36 bits per heavy atom. The van der Waals surface area contributed by atoms with Gasteiger partial charge in [-0.15, -0.1) is 0 Å². The molecule has 1 aliphatic rings. The van der Waals surface area contributed by atoms with Crippen molar-refractivity contribution in [2.45, 2.75) is 26.4 Å². The first kappa shape index (κ1) is 20.5. The second-order valence-corrected chi connectivity index (χ2v) is 7.32. The molecule has 1 saturated heterocycles. The maximum absolute atomic E-state index is 10.4. The van der Waals surface area contributed by atoms with Crippen LogP contribution in [0.2, 0.25) is 0 Å². The summed E-state index contributed by atoms with van der Waals surface area (Å²) in [6, 6.07) is 14.0. The lowest BCUT2D eigenvalue weighted by Gasteiger charge is -2.37. The monoisotopic (exact) mass is 383 g/mol. The third-order valence-corrected chi connectivity index (χ3v) is 5.19. The summed E-state index contributed by atoms with van der Waals surface area (Å²) in [6.07, 6.45) is 0.185. The third-order valence-electron chi connectivity index (χ3n) is 5.19. The van der Waals surface area contributed by atoms with Gasteiger partial charge in [-0.25, -0.2) is 0 Å². The number of benzene rings is 2. The number of aliphatic hydroxyl groups is 1. The summed E-state index contributed by atoms with van der Waals surface area (Å²) in [4.78, 5) is 4.64. The van der Waals surface area contributed by atoms with Crippen LogP contribution in [0.15, 0.2) is 42.5 Å². The van der Waals surface area contributed by atoms with Crippen molar-refractivity contribution in [2.75, 3.05) is 44.8 Å². The van der Waals surface area contributed by atoms with Crippen LogP contribution in [0, 0.1) is 20.4 Å². The van der Waals surface area contributed by atoms with Gasteiger partial charge in [0.05, 0.1) is 26.4 Å². The Kier molecular flexibility index (Phi) is 7.18. The molecule has 1 aliphatic heterocycles. The smallest absolute Gasteiger partial charge is 0.161 e. The molecule has 1 fully saturated rings. The van der Waals surface area contributed by atoms with Crippen molar-refractivity contribution in [2.24, 2.45) is 0 Å². The molecule has 28 heavy (non-hydrogen) atoms. The van der Waals surface area contributed by atoms with Crippen LogP contribution in [0.25, 0.3) is 0 Å². The van der Waals surface area contributed by atoms with Gasteiger partial charge in [-0.2, -0.15) is 0 Å². The van der Waals surface area contributed by atoms with Crippen molar-refractivity contribution in [3.63, 3.8) is 0 Å². The number of hydrogen-bond acceptors (Lipinski definition) is 5. The fraction of sp³-hybridized carbons (Fsp3) is 0.435. The van der Waals surface area contributed by atoms with Crippen LogP contribution in [0.1, 0.15) is 17.5 Å². The second-order valence-electron chi connectivity index (χ2n) is 7.32. The Labute approximate surface area is 168 Å². The van der Waals surface area contributed by atoms with E-state index < -0.39 is 6.10 Å². The summed E-state index contributed by atoms with van der Waals surface area (Å²) in [6.45, 7) is 10.4. The molecule has 3 rings (SSSR count). The number of hydrogen-bond donors (Lipinski definition) is 1. The molecular formula is C23H31N2O3. The van der Waals surface area contributed by atoms with E-state index >= 15 is 0 Å². The van der Waals surface area contributed by atoms with Gasteiger partial charge in [-0.1, -0.05) is 30.3 Å². The highest BCUT2D eigenvalue weighted by atomic mass is 16.5. The molecule has 0 spiro atoms. The molecule has 0 aromatic heterocycles. The average molecular weight is 384 g/mol. The number of piperazine rings is 1. The van der Waals surface area contributed by atoms with Crippen LogP contribution in [0.5, 0.6) is 11.5 Å². The van der Waals surface area contributed by atoms with E-state index in [1.54, 1.807) is 7.11 Å². The lowest BCUT2D eigenvalue weighted by atomic mass is 10.1. The van der Waals surface area contributed by atoms with Gasteiger partial charge in [0, 0.05) is 38.3 Å². The number of aliphatic hydroxyl groups excluding tert-OH is 1. The second kappa shape index (κ2) is 9.80. The van der Waals surface area contributed by atoms with Gasteiger partial charge >= 0.3 is 0 Å². The van der Waals surface area contributed by atoms with E-state index in [1.807, 2.05) is 24.3 Å². The zero-order valence-electron chi connectivity index (χ0n) is 17.1. The molecule has 1 heterocycles. The van der Waals surface area contributed by atoms with Gasteiger partial charge < -0.3 is 19.5 Å². The van der Waals surface area contributed by atoms with Crippen molar-refractivity contribution in [1.29, 1.82) is 0 Å². The predicted octanol–water partition coefficient (Wildman–Crippen LogP) is 3.43. The van der Waals surface area contributed by atoms with E-state index in [0.717, 1.165) is 19.6 Å². The number of rotatable bonds is 8. The molecule has 1 radical (unpaired) electrons. The van der Waals surface area contributed by atoms with Crippen LogP contribution in [0.4, 0.5) is 5.69 Å². The van der Waals surface area contributed by atoms with E-state index in [9.17, 15) is 5.11 Å². The predicted molar refractivity (Wildman–Crippen MR) is 113 cm³/mol. The quantitative estimate of drug-likeness (QED) is 0.757.